The van der Waals surface area contributed by atoms with Gasteiger partial charge < -0.3 is 10.0 Å². The van der Waals surface area contributed by atoms with Gasteiger partial charge in [0.05, 0.1) is 0 Å². The van der Waals surface area contributed by atoms with E-state index in [1.165, 1.54) is 16.4 Å². The molecule has 7 nitrogen and oxygen atoms in total. The number of aromatic nitrogens is 2. The average Bonchev–Trinajstić information content (AvgIpc) is 3.02. The number of benzene rings is 1. The minimum absolute atomic E-state index is 0.147. The predicted molar refractivity (Wildman–Crippen MR) is 95.2 cm³/mol. The summed E-state index contributed by atoms with van der Waals surface area (Å²) in [5.74, 6) is -1.13. The molecule has 0 aliphatic carbocycles. The van der Waals surface area contributed by atoms with Crippen LogP contribution in [-0.2, 0) is 17.9 Å². The van der Waals surface area contributed by atoms with Crippen molar-refractivity contribution >= 4 is 27.8 Å². The van der Waals surface area contributed by atoms with Crippen molar-refractivity contribution in [3.8, 4) is 0 Å². The van der Waals surface area contributed by atoms with Gasteiger partial charge in [-0.25, -0.2) is 0 Å². The second-order valence-corrected chi connectivity index (χ2v) is 6.91. The summed E-state index contributed by atoms with van der Waals surface area (Å²) in [4.78, 5) is 27.3. The summed E-state index contributed by atoms with van der Waals surface area (Å²) in [6.45, 7) is 3.49. The summed E-state index contributed by atoms with van der Waals surface area (Å²) < 4.78 is 2.33. The van der Waals surface area contributed by atoms with E-state index in [4.69, 9.17) is 5.11 Å². The number of hydrogen-bond donors (Lipinski definition) is 1. The Morgan fingerprint density at radius 3 is 2.60 bits per heavy atom. The topological polar surface area (TPSA) is 78.7 Å². The SMILES string of the molecule is O=C(O)Cn1ccc(C(=O)N2CCN(Cc3cccc(Br)c3)CC2)n1. The number of piperazine rings is 1. The molecule has 0 unspecified atom stereocenters. The normalized spacial score (nSPS) is 15.3. The highest BCUT2D eigenvalue weighted by molar-refractivity contribution is 9.10. The molecule has 1 amide bonds. The van der Waals surface area contributed by atoms with Gasteiger partial charge in [-0.1, -0.05) is 28.1 Å². The molecule has 3 rings (SSSR count). The van der Waals surface area contributed by atoms with Gasteiger partial charge in [0.1, 0.15) is 12.2 Å². The molecule has 1 N–H and O–H groups in total. The Hall–Kier alpha value is -2.19. The third-order valence-electron chi connectivity index (χ3n) is 4.11. The smallest absolute Gasteiger partial charge is 0.325 e. The van der Waals surface area contributed by atoms with Crippen LogP contribution in [0.2, 0.25) is 0 Å². The maximum absolute atomic E-state index is 12.5. The first kappa shape index (κ1) is 17.6. The lowest BCUT2D eigenvalue weighted by molar-refractivity contribution is -0.137. The average molecular weight is 407 g/mol. The van der Waals surface area contributed by atoms with Crippen molar-refractivity contribution in [2.75, 3.05) is 26.2 Å². The summed E-state index contributed by atoms with van der Waals surface area (Å²) in [6, 6.07) is 9.79. The van der Waals surface area contributed by atoms with Crippen molar-refractivity contribution in [3.63, 3.8) is 0 Å². The lowest BCUT2D eigenvalue weighted by Crippen LogP contribution is -2.48. The summed E-state index contributed by atoms with van der Waals surface area (Å²) in [6.07, 6.45) is 1.52. The number of nitrogens with zero attached hydrogens (tertiary/aromatic N) is 4. The molecule has 1 aliphatic rings. The van der Waals surface area contributed by atoms with Crippen molar-refractivity contribution in [1.29, 1.82) is 0 Å². The van der Waals surface area contributed by atoms with Crippen molar-refractivity contribution in [2.45, 2.75) is 13.1 Å². The molecule has 1 aliphatic heterocycles. The molecular formula is C17H19BrN4O3. The van der Waals surface area contributed by atoms with E-state index < -0.39 is 5.97 Å². The van der Waals surface area contributed by atoms with Gasteiger partial charge in [-0.05, 0) is 23.8 Å². The maximum Gasteiger partial charge on any atom is 0.325 e. The Morgan fingerprint density at radius 1 is 1.16 bits per heavy atom. The number of aliphatic carboxylic acids is 1. The van der Waals surface area contributed by atoms with Gasteiger partial charge in [-0.15, -0.1) is 0 Å². The van der Waals surface area contributed by atoms with E-state index >= 15 is 0 Å². The van der Waals surface area contributed by atoms with E-state index in [1.807, 2.05) is 12.1 Å². The highest BCUT2D eigenvalue weighted by Crippen LogP contribution is 2.15. The molecule has 1 aromatic carbocycles. The van der Waals surface area contributed by atoms with Gasteiger partial charge in [0.2, 0.25) is 0 Å². The van der Waals surface area contributed by atoms with Crippen LogP contribution < -0.4 is 0 Å². The third kappa shape index (κ3) is 4.67. The molecule has 25 heavy (non-hydrogen) atoms. The number of carbonyl (C=O) groups is 2. The van der Waals surface area contributed by atoms with Gasteiger partial charge in [0.25, 0.3) is 5.91 Å². The Labute approximate surface area is 154 Å². The molecule has 0 radical (unpaired) electrons. The van der Waals surface area contributed by atoms with Crippen LogP contribution in [-0.4, -0.2) is 62.7 Å². The van der Waals surface area contributed by atoms with E-state index in [2.05, 4.69) is 38.1 Å². The molecule has 2 heterocycles. The molecule has 1 saturated heterocycles. The number of carboxylic acid groups (broad SMARTS) is 1. The van der Waals surface area contributed by atoms with Crippen LogP contribution in [0.4, 0.5) is 0 Å². The van der Waals surface area contributed by atoms with Crippen LogP contribution in [0.1, 0.15) is 16.1 Å². The molecule has 1 aromatic heterocycles. The number of carbonyl (C=O) groups excluding carboxylic acids is 1. The summed E-state index contributed by atoms with van der Waals surface area (Å²) in [5.41, 5.74) is 1.53. The number of halogens is 1. The lowest BCUT2D eigenvalue weighted by Gasteiger charge is -2.34. The minimum Gasteiger partial charge on any atom is -0.480 e. The van der Waals surface area contributed by atoms with Gasteiger partial charge in [0, 0.05) is 43.4 Å². The van der Waals surface area contributed by atoms with E-state index in [9.17, 15) is 9.59 Å². The van der Waals surface area contributed by atoms with E-state index in [0.717, 1.165) is 24.1 Å². The number of hydrogen-bond acceptors (Lipinski definition) is 4. The Kier molecular flexibility index (Phi) is 5.50. The third-order valence-corrected chi connectivity index (χ3v) is 4.61. The molecular weight excluding hydrogens is 388 g/mol. The van der Waals surface area contributed by atoms with E-state index in [1.54, 1.807) is 11.0 Å². The monoisotopic (exact) mass is 406 g/mol. The molecule has 0 spiro atoms. The zero-order chi connectivity index (χ0) is 17.8. The second kappa shape index (κ2) is 7.79. The Morgan fingerprint density at radius 2 is 1.92 bits per heavy atom. The molecule has 1 fully saturated rings. The van der Waals surface area contributed by atoms with Gasteiger partial charge in [-0.3, -0.25) is 19.2 Å². The van der Waals surface area contributed by atoms with Crippen molar-refractivity contribution < 1.29 is 14.7 Å². The lowest BCUT2D eigenvalue weighted by atomic mass is 10.2. The van der Waals surface area contributed by atoms with Gasteiger partial charge in [-0.2, -0.15) is 5.10 Å². The van der Waals surface area contributed by atoms with Crippen LogP contribution in [0.25, 0.3) is 0 Å². The van der Waals surface area contributed by atoms with Crippen molar-refractivity contribution in [1.82, 2.24) is 19.6 Å². The summed E-state index contributed by atoms with van der Waals surface area (Å²) >= 11 is 3.48. The van der Waals surface area contributed by atoms with Crippen molar-refractivity contribution in [2.24, 2.45) is 0 Å². The minimum atomic E-state index is -0.983. The van der Waals surface area contributed by atoms with Crippen LogP contribution in [0, 0.1) is 0 Å². The Bertz CT molecular complexity index is 769. The Balaban J connectivity index is 1.54. The second-order valence-electron chi connectivity index (χ2n) is 5.99. The first-order valence-electron chi connectivity index (χ1n) is 8.02. The maximum atomic E-state index is 12.5. The standard InChI is InChI=1S/C17H19BrN4O3/c18-14-3-1-2-13(10-14)11-20-6-8-21(9-7-20)17(25)15-4-5-22(19-15)12-16(23)24/h1-5,10H,6-9,11-12H2,(H,23,24). The van der Waals surface area contributed by atoms with Crippen LogP contribution in [0.3, 0.4) is 0 Å². The number of carboxylic acids is 1. The molecule has 132 valence electrons. The first-order chi connectivity index (χ1) is 12.0. The van der Waals surface area contributed by atoms with Crippen LogP contribution in [0.5, 0.6) is 0 Å². The summed E-state index contributed by atoms with van der Waals surface area (Å²) in [5, 5.41) is 12.8. The molecule has 0 atom stereocenters. The molecule has 2 aromatic rings. The predicted octanol–water partition coefficient (Wildman–Crippen LogP) is 1.69. The van der Waals surface area contributed by atoms with Gasteiger partial charge >= 0.3 is 5.97 Å². The van der Waals surface area contributed by atoms with E-state index in [0.29, 0.717) is 18.8 Å². The van der Waals surface area contributed by atoms with Crippen LogP contribution >= 0.6 is 15.9 Å². The van der Waals surface area contributed by atoms with Gasteiger partial charge in [0.15, 0.2) is 0 Å². The quantitative estimate of drug-likeness (QED) is 0.816. The zero-order valence-electron chi connectivity index (χ0n) is 13.6. The largest absolute Gasteiger partial charge is 0.480 e. The summed E-state index contributed by atoms with van der Waals surface area (Å²) in [7, 11) is 0. The fourth-order valence-corrected chi connectivity index (χ4v) is 3.31. The number of amides is 1. The highest BCUT2D eigenvalue weighted by atomic mass is 79.9. The number of rotatable bonds is 5. The van der Waals surface area contributed by atoms with Crippen LogP contribution in [0.15, 0.2) is 41.0 Å². The highest BCUT2D eigenvalue weighted by Gasteiger charge is 2.23. The molecule has 0 bridgehead atoms. The first-order valence-corrected chi connectivity index (χ1v) is 8.82. The molecule has 8 heteroatoms. The fourth-order valence-electron chi connectivity index (χ4n) is 2.87. The zero-order valence-corrected chi connectivity index (χ0v) is 15.2. The van der Waals surface area contributed by atoms with Crippen molar-refractivity contribution in [3.05, 3.63) is 52.3 Å². The van der Waals surface area contributed by atoms with E-state index in [-0.39, 0.29) is 12.5 Å². The molecule has 0 saturated carbocycles. The fraction of sp³-hybridized carbons (Fsp3) is 0.353.